The summed E-state index contributed by atoms with van der Waals surface area (Å²) in [7, 11) is 2.23. The largest absolute Gasteiger partial charge is 0.479 e. The average Bonchev–Trinajstić information content (AvgIpc) is 2.76. The predicted octanol–water partition coefficient (Wildman–Crippen LogP) is 0.646. The van der Waals surface area contributed by atoms with Gasteiger partial charge in [0.2, 0.25) is 6.29 Å². The summed E-state index contributed by atoms with van der Waals surface area (Å²) in [4.78, 5) is 13.9. The van der Waals surface area contributed by atoms with E-state index in [2.05, 4.69) is 18.0 Å². The van der Waals surface area contributed by atoms with Crippen LogP contribution in [-0.2, 0) is 21.4 Å². The molecule has 2 aliphatic carbocycles. The second kappa shape index (κ2) is 7.71. The lowest BCUT2D eigenvalue weighted by molar-refractivity contribution is -0.271. The number of likely N-dealkylation sites (tertiary alicyclic amines) is 1. The Morgan fingerprint density at radius 3 is 2.74 bits per heavy atom. The molecular weight excluding hydrogens is 402 g/mol. The van der Waals surface area contributed by atoms with Crippen LogP contribution < -0.4 is 4.74 Å². The molecule has 1 aromatic rings. The van der Waals surface area contributed by atoms with Gasteiger partial charge in [0.25, 0.3) is 0 Å². The lowest BCUT2D eigenvalue weighted by Crippen LogP contribution is -2.61. The normalized spacial score (nSPS) is 42.4. The third-order valence-corrected chi connectivity index (χ3v) is 8.15. The molecule has 8 atom stereocenters. The van der Waals surface area contributed by atoms with E-state index in [4.69, 9.17) is 9.47 Å². The van der Waals surface area contributed by atoms with Crippen LogP contribution in [0.3, 0.4) is 0 Å². The quantitative estimate of drug-likeness (QED) is 0.549. The second-order valence-corrected chi connectivity index (χ2v) is 9.68. The van der Waals surface area contributed by atoms with Crippen molar-refractivity contribution in [1.82, 2.24) is 4.90 Å². The number of piperidine rings is 1. The Kier molecular flexibility index (Phi) is 5.26. The van der Waals surface area contributed by atoms with Crippen LogP contribution in [0.4, 0.5) is 0 Å². The molecule has 4 N–H and O–H groups in total. The SMILES string of the molecule is CN1CC[C@@]23CCCC[C@@H]2[C@H]1Cc1ccc(O[C@@H]2O[C@H](C(=O)O)[C@@H](O)[C@H](O)[C@@H]2O)cc13. The number of aliphatic carboxylic acids is 1. The molecule has 8 nitrogen and oxygen atoms in total. The second-order valence-electron chi connectivity index (χ2n) is 9.68. The van der Waals surface area contributed by atoms with Gasteiger partial charge in [-0.05, 0) is 68.5 Å². The lowest BCUT2D eigenvalue weighted by Gasteiger charge is -2.58. The highest BCUT2D eigenvalue weighted by molar-refractivity contribution is 5.73. The van der Waals surface area contributed by atoms with Crippen molar-refractivity contribution in [3.05, 3.63) is 29.3 Å². The molecule has 0 amide bonds. The summed E-state index contributed by atoms with van der Waals surface area (Å²) in [6.45, 7) is 1.07. The standard InChI is InChI=1S/C23H31NO7/c1-24-9-8-23-7-3-2-4-14(23)16(24)10-12-5-6-13(11-15(12)23)30-22-19(27)17(25)18(26)20(31-22)21(28)29/h5-6,11,14,16-20,22,25-27H,2-4,7-10H2,1H3,(H,28,29)/t14-,16-,17+,18+,19+,20+,22-,23+/m1/s1. The smallest absolute Gasteiger partial charge is 0.335 e. The van der Waals surface area contributed by atoms with Gasteiger partial charge in [0.1, 0.15) is 24.1 Å². The Bertz CT molecular complexity index is 862. The molecule has 1 aromatic carbocycles. The van der Waals surface area contributed by atoms with Gasteiger partial charge >= 0.3 is 5.97 Å². The van der Waals surface area contributed by atoms with Gasteiger partial charge in [-0.1, -0.05) is 18.9 Å². The van der Waals surface area contributed by atoms with Crippen LogP contribution in [0, 0.1) is 5.92 Å². The number of carboxylic acid groups (broad SMARTS) is 1. The highest BCUT2D eigenvalue weighted by Gasteiger charge is 2.53. The van der Waals surface area contributed by atoms with E-state index in [0.717, 1.165) is 25.8 Å². The maximum absolute atomic E-state index is 11.4. The van der Waals surface area contributed by atoms with Crippen molar-refractivity contribution in [3.8, 4) is 5.75 Å². The fraction of sp³-hybridized carbons (Fsp3) is 0.696. The number of carbonyl (C=O) groups is 1. The first-order valence-electron chi connectivity index (χ1n) is 11.2. The molecule has 31 heavy (non-hydrogen) atoms. The molecule has 0 unspecified atom stereocenters. The third kappa shape index (κ3) is 3.27. The Balaban J connectivity index is 1.45. The van der Waals surface area contributed by atoms with E-state index in [0.29, 0.717) is 17.7 Å². The van der Waals surface area contributed by atoms with E-state index >= 15 is 0 Å². The van der Waals surface area contributed by atoms with Crippen LogP contribution in [0.5, 0.6) is 5.75 Å². The molecule has 1 saturated carbocycles. The number of hydrogen-bond acceptors (Lipinski definition) is 7. The van der Waals surface area contributed by atoms with E-state index < -0.39 is 36.7 Å². The predicted molar refractivity (Wildman–Crippen MR) is 110 cm³/mol. The Morgan fingerprint density at radius 1 is 1.16 bits per heavy atom. The van der Waals surface area contributed by atoms with Gasteiger partial charge in [0, 0.05) is 11.5 Å². The van der Waals surface area contributed by atoms with Crippen LogP contribution in [0.25, 0.3) is 0 Å². The van der Waals surface area contributed by atoms with Crippen LogP contribution in [0.1, 0.15) is 43.2 Å². The first kappa shape index (κ1) is 21.2. The molecule has 2 heterocycles. The van der Waals surface area contributed by atoms with Gasteiger partial charge in [0.15, 0.2) is 6.10 Å². The third-order valence-electron chi connectivity index (χ3n) is 8.15. The van der Waals surface area contributed by atoms with Gasteiger partial charge in [-0.2, -0.15) is 0 Å². The minimum Gasteiger partial charge on any atom is -0.479 e. The van der Waals surface area contributed by atoms with E-state index in [1.165, 1.54) is 30.4 Å². The van der Waals surface area contributed by atoms with Gasteiger partial charge < -0.3 is 34.8 Å². The maximum atomic E-state index is 11.4. The zero-order valence-electron chi connectivity index (χ0n) is 17.7. The molecule has 0 aromatic heterocycles. The Hall–Kier alpha value is -1.71. The summed E-state index contributed by atoms with van der Waals surface area (Å²) < 4.78 is 11.2. The summed E-state index contributed by atoms with van der Waals surface area (Å²) in [5.41, 5.74) is 2.76. The molecule has 2 saturated heterocycles. The summed E-state index contributed by atoms with van der Waals surface area (Å²) >= 11 is 0. The number of benzene rings is 1. The number of likely N-dealkylation sites (N-methyl/N-ethyl adjacent to an activating group) is 1. The van der Waals surface area contributed by atoms with Crippen molar-refractivity contribution < 1.29 is 34.7 Å². The molecule has 4 aliphatic rings. The van der Waals surface area contributed by atoms with E-state index in [9.17, 15) is 25.2 Å². The van der Waals surface area contributed by atoms with Crippen LogP contribution >= 0.6 is 0 Å². The molecule has 2 bridgehead atoms. The summed E-state index contributed by atoms with van der Waals surface area (Å²) in [6, 6.07) is 6.47. The van der Waals surface area contributed by atoms with Crippen LogP contribution in [0.15, 0.2) is 18.2 Å². The molecule has 0 radical (unpaired) electrons. The zero-order valence-corrected chi connectivity index (χ0v) is 17.7. The van der Waals surface area contributed by atoms with Gasteiger partial charge in [0.05, 0.1) is 0 Å². The Morgan fingerprint density at radius 2 is 1.97 bits per heavy atom. The summed E-state index contributed by atoms with van der Waals surface area (Å²) in [5.74, 6) is -0.321. The van der Waals surface area contributed by atoms with Crippen molar-refractivity contribution in [1.29, 1.82) is 0 Å². The highest BCUT2D eigenvalue weighted by Crippen LogP contribution is 2.56. The number of aliphatic hydroxyl groups is 3. The summed E-state index contributed by atoms with van der Waals surface area (Å²) in [6.07, 6.45) is -1.03. The molecule has 8 heteroatoms. The molecule has 3 fully saturated rings. The number of hydrogen-bond donors (Lipinski definition) is 4. The molecule has 0 spiro atoms. The van der Waals surface area contributed by atoms with Crippen molar-refractivity contribution in [2.45, 2.75) is 80.7 Å². The number of nitrogens with zero attached hydrogens (tertiary/aromatic N) is 1. The van der Waals surface area contributed by atoms with E-state index in [-0.39, 0.29) is 5.41 Å². The Labute approximate surface area is 181 Å². The van der Waals surface area contributed by atoms with Crippen molar-refractivity contribution in [3.63, 3.8) is 0 Å². The van der Waals surface area contributed by atoms with Crippen molar-refractivity contribution >= 4 is 5.97 Å². The lowest BCUT2D eigenvalue weighted by atomic mass is 9.52. The molecule has 5 rings (SSSR count). The van der Waals surface area contributed by atoms with Gasteiger partial charge in [-0.25, -0.2) is 4.79 Å². The van der Waals surface area contributed by atoms with Gasteiger partial charge in [-0.3, -0.25) is 0 Å². The van der Waals surface area contributed by atoms with E-state index in [1.807, 2.05) is 12.1 Å². The number of fused-ring (bicyclic) bond motifs is 1. The number of rotatable bonds is 3. The maximum Gasteiger partial charge on any atom is 0.335 e. The van der Waals surface area contributed by atoms with Crippen LogP contribution in [0.2, 0.25) is 0 Å². The van der Waals surface area contributed by atoms with Crippen molar-refractivity contribution in [2.75, 3.05) is 13.6 Å². The first-order valence-corrected chi connectivity index (χ1v) is 11.2. The van der Waals surface area contributed by atoms with Gasteiger partial charge in [-0.15, -0.1) is 0 Å². The van der Waals surface area contributed by atoms with Crippen molar-refractivity contribution in [2.24, 2.45) is 5.92 Å². The fourth-order valence-electron chi connectivity index (χ4n) is 6.53. The number of aliphatic hydroxyl groups excluding tert-OH is 3. The molecule has 2 aliphatic heterocycles. The topological polar surface area (TPSA) is 120 Å². The number of carboxylic acids is 1. The first-order chi connectivity index (χ1) is 14.8. The summed E-state index contributed by atoms with van der Waals surface area (Å²) in [5, 5.41) is 39.5. The van der Waals surface area contributed by atoms with E-state index in [1.54, 1.807) is 0 Å². The number of ether oxygens (including phenoxy) is 2. The minimum atomic E-state index is -1.73. The fourth-order valence-corrected chi connectivity index (χ4v) is 6.53. The zero-order chi connectivity index (χ0) is 21.9. The monoisotopic (exact) mass is 433 g/mol. The molecular formula is C23H31NO7. The highest BCUT2D eigenvalue weighted by atomic mass is 16.7. The minimum absolute atomic E-state index is 0.133. The average molecular weight is 434 g/mol. The van der Waals surface area contributed by atoms with Crippen LogP contribution in [-0.4, -0.2) is 81.6 Å². The molecule has 170 valence electrons.